The van der Waals surface area contributed by atoms with E-state index in [4.69, 9.17) is 5.73 Å². The summed E-state index contributed by atoms with van der Waals surface area (Å²) >= 11 is 0. The SMILES string of the molecule is CC(=O)N1CCN(C(F)(F)C(NC(=O)c2ccccc2)c2cc(C(F)(F)F)c3c(N)ncnn23)C(=O)C1(C)C. The molecule has 0 radical (unpaired) electrons. The van der Waals surface area contributed by atoms with Crippen LogP contribution in [-0.4, -0.2) is 66.8 Å². The number of benzene rings is 1. The first-order valence-corrected chi connectivity index (χ1v) is 11.6. The summed E-state index contributed by atoms with van der Waals surface area (Å²) < 4.78 is 75.1. The van der Waals surface area contributed by atoms with Crippen molar-refractivity contribution in [1.82, 2.24) is 29.7 Å². The van der Waals surface area contributed by atoms with Gasteiger partial charge in [0.2, 0.25) is 5.91 Å². The van der Waals surface area contributed by atoms with Crippen molar-refractivity contribution in [2.24, 2.45) is 0 Å². The fourth-order valence-electron chi connectivity index (χ4n) is 4.67. The molecule has 3 N–H and O–H groups in total. The van der Waals surface area contributed by atoms with Gasteiger partial charge in [-0.3, -0.25) is 19.3 Å². The Morgan fingerprint density at radius 2 is 1.74 bits per heavy atom. The summed E-state index contributed by atoms with van der Waals surface area (Å²) in [5, 5.41) is 5.80. The van der Waals surface area contributed by atoms with E-state index in [9.17, 15) is 27.6 Å². The van der Waals surface area contributed by atoms with Gasteiger partial charge in [0.15, 0.2) is 11.9 Å². The number of amides is 3. The zero-order valence-corrected chi connectivity index (χ0v) is 21.0. The normalized spacial score (nSPS) is 16.9. The molecule has 10 nitrogen and oxygen atoms in total. The molecule has 3 heterocycles. The Balaban J connectivity index is 1.90. The Kier molecular flexibility index (Phi) is 6.73. The van der Waals surface area contributed by atoms with E-state index < -0.39 is 70.7 Å². The topological polar surface area (TPSA) is 126 Å². The molecule has 1 aliphatic heterocycles. The minimum Gasteiger partial charge on any atom is -0.382 e. The molecule has 1 fully saturated rings. The van der Waals surface area contributed by atoms with Gasteiger partial charge < -0.3 is 16.0 Å². The molecule has 0 bridgehead atoms. The number of nitrogens with zero attached hydrogens (tertiary/aromatic N) is 5. The maximum absolute atomic E-state index is 16.4. The highest BCUT2D eigenvalue weighted by Gasteiger charge is 2.57. The fourth-order valence-corrected chi connectivity index (χ4v) is 4.67. The van der Waals surface area contributed by atoms with Gasteiger partial charge in [-0.1, -0.05) is 18.2 Å². The van der Waals surface area contributed by atoms with Gasteiger partial charge in [-0.2, -0.15) is 27.1 Å². The van der Waals surface area contributed by atoms with Crippen molar-refractivity contribution in [3.63, 3.8) is 0 Å². The van der Waals surface area contributed by atoms with Crippen LogP contribution in [0.15, 0.2) is 42.7 Å². The number of fused-ring (bicyclic) bond motifs is 1. The molecule has 15 heteroatoms. The standard InChI is InChI=1S/C24H24F5N7O3/c1-13(37)34-9-10-35(21(39)22(34,2)3)24(28,29)18(33-20(38)14-7-5-4-6-8-14)16-11-15(23(25,26)27)17-19(30)31-12-32-36(16)17/h4-8,11-12,18H,9-10H2,1-3H3,(H,33,38)(H2,30,31,32). The Morgan fingerprint density at radius 3 is 2.33 bits per heavy atom. The van der Waals surface area contributed by atoms with Gasteiger partial charge in [0, 0.05) is 25.6 Å². The van der Waals surface area contributed by atoms with Crippen molar-refractivity contribution < 1.29 is 36.3 Å². The van der Waals surface area contributed by atoms with E-state index in [1.54, 1.807) is 6.07 Å². The molecule has 1 aromatic carbocycles. The van der Waals surface area contributed by atoms with Crippen LogP contribution in [0.4, 0.5) is 27.8 Å². The lowest BCUT2D eigenvalue weighted by Gasteiger charge is -2.48. The maximum Gasteiger partial charge on any atom is 0.418 e. The number of carbonyl (C=O) groups excluding carboxylic acids is 3. The first-order chi connectivity index (χ1) is 18.1. The molecule has 1 unspecified atom stereocenters. The van der Waals surface area contributed by atoms with E-state index in [-0.39, 0.29) is 17.0 Å². The summed E-state index contributed by atoms with van der Waals surface area (Å²) in [4.78, 5) is 43.1. The zero-order valence-electron chi connectivity index (χ0n) is 21.0. The summed E-state index contributed by atoms with van der Waals surface area (Å²) in [6, 6.07) is 0.739. The Bertz CT molecular complexity index is 1440. The number of hydrogen-bond acceptors (Lipinski definition) is 6. The number of nitrogens with one attached hydrogen (secondary N) is 1. The van der Waals surface area contributed by atoms with Crippen LogP contribution in [0, 0.1) is 0 Å². The summed E-state index contributed by atoms with van der Waals surface area (Å²) in [6.45, 7) is 2.80. The van der Waals surface area contributed by atoms with Crippen molar-refractivity contribution in [3.05, 3.63) is 59.5 Å². The number of rotatable bonds is 5. The first kappa shape index (κ1) is 27.7. The third-order valence-corrected chi connectivity index (χ3v) is 6.60. The summed E-state index contributed by atoms with van der Waals surface area (Å²) in [5.41, 5.74) is 0.919. The van der Waals surface area contributed by atoms with Gasteiger partial charge in [-0.25, -0.2) is 9.50 Å². The largest absolute Gasteiger partial charge is 0.418 e. The zero-order chi connectivity index (χ0) is 28.9. The average molecular weight is 553 g/mol. The van der Waals surface area contributed by atoms with Crippen LogP contribution in [0.2, 0.25) is 0 Å². The molecule has 0 spiro atoms. The van der Waals surface area contributed by atoms with Crippen LogP contribution >= 0.6 is 0 Å². The number of halogens is 5. The molecule has 1 atom stereocenters. The molecule has 1 aliphatic rings. The second kappa shape index (κ2) is 9.47. The number of piperazine rings is 1. The quantitative estimate of drug-likeness (QED) is 0.370. The predicted octanol–water partition coefficient (Wildman–Crippen LogP) is 2.86. The molecule has 2 aromatic heterocycles. The lowest BCUT2D eigenvalue weighted by Crippen LogP contribution is -2.69. The van der Waals surface area contributed by atoms with Crippen LogP contribution in [0.1, 0.15) is 48.4 Å². The highest BCUT2D eigenvalue weighted by atomic mass is 19.4. The van der Waals surface area contributed by atoms with E-state index in [2.05, 4.69) is 15.4 Å². The van der Waals surface area contributed by atoms with Gasteiger partial charge in [-0.05, 0) is 32.0 Å². The number of nitrogens with two attached hydrogens (primary N) is 1. The minimum atomic E-state index is -5.05. The van der Waals surface area contributed by atoms with Gasteiger partial charge in [-0.15, -0.1) is 0 Å². The number of alkyl halides is 5. The third-order valence-electron chi connectivity index (χ3n) is 6.60. The molecule has 1 saturated heterocycles. The highest BCUT2D eigenvalue weighted by Crippen LogP contribution is 2.43. The summed E-state index contributed by atoms with van der Waals surface area (Å²) in [5.74, 6) is -3.36. The van der Waals surface area contributed by atoms with E-state index in [1.165, 1.54) is 45.0 Å². The Hall–Kier alpha value is -4.30. The van der Waals surface area contributed by atoms with Crippen LogP contribution in [0.5, 0.6) is 0 Å². The molecule has 4 rings (SSSR count). The molecule has 208 valence electrons. The number of nitrogen functional groups attached to an aromatic ring is 1. The summed E-state index contributed by atoms with van der Waals surface area (Å²) in [6.07, 6.45) is -4.27. The molecule has 0 saturated carbocycles. The van der Waals surface area contributed by atoms with Crippen LogP contribution in [-0.2, 0) is 15.8 Å². The van der Waals surface area contributed by atoms with Crippen molar-refractivity contribution >= 4 is 29.1 Å². The number of aromatic nitrogens is 3. The molecule has 0 aliphatic carbocycles. The van der Waals surface area contributed by atoms with Crippen molar-refractivity contribution in [2.45, 2.75) is 44.6 Å². The van der Waals surface area contributed by atoms with Gasteiger partial charge >= 0.3 is 12.2 Å². The molecule has 3 aromatic rings. The Labute approximate surface area is 218 Å². The monoisotopic (exact) mass is 553 g/mol. The van der Waals surface area contributed by atoms with Crippen molar-refractivity contribution in [1.29, 1.82) is 0 Å². The van der Waals surface area contributed by atoms with Gasteiger partial charge in [0.25, 0.3) is 11.8 Å². The van der Waals surface area contributed by atoms with Crippen LogP contribution in [0.3, 0.4) is 0 Å². The second-order valence-electron chi connectivity index (χ2n) is 9.43. The van der Waals surface area contributed by atoms with Crippen molar-refractivity contribution in [2.75, 3.05) is 18.8 Å². The maximum atomic E-state index is 16.4. The molecular formula is C24H24F5N7O3. The Morgan fingerprint density at radius 1 is 1.10 bits per heavy atom. The average Bonchev–Trinajstić information content (AvgIpc) is 3.25. The lowest BCUT2D eigenvalue weighted by atomic mass is 9.95. The van der Waals surface area contributed by atoms with Crippen molar-refractivity contribution in [3.8, 4) is 0 Å². The second-order valence-corrected chi connectivity index (χ2v) is 9.43. The van der Waals surface area contributed by atoms with Gasteiger partial charge in [0.1, 0.15) is 17.4 Å². The highest BCUT2D eigenvalue weighted by molar-refractivity contribution is 5.95. The number of carbonyl (C=O) groups is 3. The predicted molar refractivity (Wildman–Crippen MR) is 127 cm³/mol. The number of anilines is 1. The lowest BCUT2D eigenvalue weighted by molar-refractivity contribution is -0.206. The van der Waals surface area contributed by atoms with E-state index >= 15 is 8.78 Å². The van der Waals surface area contributed by atoms with Crippen LogP contribution in [0.25, 0.3) is 5.52 Å². The minimum absolute atomic E-state index is 0.0580. The van der Waals surface area contributed by atoms with E-state index in [0.717, 1.165) is 11.2 Å². The third kappa shape index (κ3) is 4.72. The number of hydrogen-bond donors (Lipinski definition) is 2. The molecule has 3 amide bonds. The van der Waals surface area contributed by atoms with Crippen LogP contribution < -0.4 is 11.1 Å². The molecular weight excluding hydrogens is 529 g/mol. The van der Waals surface area contributed by atoms with Gasteiger partial charge in [0.05, 0.1) is 11.3 Å². The van der Waals surface area contributed by atoms with E-state index in [0.29, 0.717) is 10.6 Å². The van der Waals surface area contributed by atoms with E-state index in [1.807, 2.05) is 0 Å². The summed E-state index contributed by atoms with van der Waals surface area (Å²) in [7, 11) is 0. The smallest absolute Gasteiger partial charge is 0.382 e. The first-order valence-electron chi connectivity index (χ1n) is 11.6. The molecule has 39 heavy (non-hydrogen) atoms. The fraction of sp³-hybridized carbons (Fsp3) is 0.375.